The van der Waals surface area contributed by atoms with Crippen molar-refractivity contribution in [1.29, 1.82) is 0 Å². The number of nitrogens with one attached hydrogen (secondary N) is 1. The SMILES string of the molecule is CN(CCC(=O)O)C(=O)N[C@@H]1C[C@H]1c1ccccc1. The third kappa shape index (κ3) is 3.71. The Bertz CT molecular complexity index is 461. The van der Waals surface area contributed by atoms with Crippen LogP contribution >= 0.6 is 0 Å². The van der Waals surface area contributed by atoms with Gasteiger partial charge in [0.05, 0.1) is 6.42 Å². The van der Waals surface area contributed by atoms with E-state index >= 15 is 0 Å². The molecule has 0 aromatic heterocycles. The Labute approximate surface area is 112 Å². The monoisotopic (exact) mass is 262 g/mol. The van der Waals surface area contributed by atoms with Gasteiger partial charge < -0.3 is 15.3 Å². The van der Waals surface area contributed by atoms with Crippen molar-refractivity contribution in [3.05, 3.63) is 35.9 Å². The van der Waals surface area contributed by atoms with Gasteiger partial charge in [0.25, 0.3) is 0 Å². The third-order valence-corrected chi connectivity index (χ3v) is 3.33. The lowest BCUT2D eigenvalue weighted by molar-refractivity contribution is -0.137. The molecule has 2 amide bonds. The van der Waals surface area contributed by atoms with Crippen LogP contribution in [0.25, 0.3) is 0 Å². The van der Waals surface area contributed by atoms with Crippen molar-refractivity contribution < 1.29 is 14.7 Å². The van der Waals surface area contributed by atoms with Gasteiger partial charge in [-0.25, -0.2) is 4.79 Å². The van der Waals surface area contributed by atoms with E-state index in [0.29, 0.717) is 5.92 Å². The number of carbonyl (C=O) groups is 2. The summed E-state index contributed by atoms with van der Waals surface area (Å²) in [6.07, 6.45) is 0.916. The first kappa shape index (κ1) is 13.4. The molecule has 0 bridgehead atoms. The maximum Gasteiger partial charge on any atom is 0.317 e. The van der Waals surface area contributed by atoms with E-state index < -0.39 is 5.97 Å². The van der Waals surface area contributed by atoms with Crippen LogP contribution in [0.3, 0.4) is 0 Å². The molecule has 0 unspecified atom stereocenters. The third-order valence-electron chi connectivity index (χ3n) is 3.33. The van der Waals surface area contributed by atoms with Gasteiger partial charge in [0.15, 0.2) is 0 Å². The van der Waals surface area contributed by atoms with Crippen molar-refractivity contribution in [2.45, 2.75) is 24.8 Å². The highest BCUT2D eigenvalue weighted by atomic mass is 16.4. The Morgan fingerprint density at radius 1 is 1.37 bits per heavy atom. The van der Waals surface area contributed by atoms with Crippen LogP contribution in [0.4, 0.5) is 4.79 Å². The quantitative estimate of drug-likeness (QED) is 0.847. The average molecular weight is 262 g/mol. The van der Waals surface area contributed by atoms with Gasteiger partial charge >= 0.3 is 12.0 Å². The van der Waals surface area contributed by atoms with Crippen molar-refractivity contribution in [1.82, 2.24) is 10.2 Å². The Morgan fingerprint density at radius 2 is 2.05 bits per heavy atom. The molecule has 1 aromatic rings. The number of urea groups is 1. The molecule has 2 N–H and O–H groups in total. The van der Waals surface area contributed by atoms with Gasteiger partial charge in [0, 0.05) is 25.6 Å². The number of hydrogen-bond donors (Lipinski definition) is 2. The Kier molecular flexibility index (Phi) is 4.04. The number of rotatable bonds is 5. The second-order valence-electron chi connectivity index (χ2n) is 4.87. The summed E-state index contributed by atoms with van der Waals surface area (Å²) in [6.45, 7) is 0.226. The van der Waals surface area contributed by atoms with Crippen LogP contribution in [-0.2, 0) is 4.79 Å². The molecule has 5 heteroatoms. The van der Waals surface area contributed by atoms with E-state index in [1.807, 2.05) is 18.2 Å². The number of carboxylic acid groups (broad SMARTS) is 1. The van der Waals surface area contributed by atoms with Gasteiger partial charge in [-0.05, 0) is 12.0 Å². The molecule has 1 aliphatic carbocycles. The zero-order chi connectivity index (χ0) is 13.8. The lowest BCUT2D eigenvalue weighted by Crippen LogP contribution is -2.39. The number of amides is 2. The first-order valence-corrected chi connectivity index (χ1v) is 6.36. The van der Waals surface area contributed by atoms with E-state index in [1.54, 1.807) is 7.05 Å². The predicted molar refractivity (Wildman–Crippen MR) is 71.0 cm³/mol. The van der Waals surface area contributed by atoms with Crippen LogP contribution < -0.4 is 5.32 Å². The van der Waals surface area contributed by atoms with E-state index in [2.05, 4.69) is 17.4 Å². The van der Waals surface area contributed by atoms with Crippen molar-refractivity contribution in [3.63, 3.8) is 0 Å². The minimum absolute atomic E-state index is 0.0311. The molecule has 1 saturated carbocycles. The molecule has 1 aromatic carbocycles. The molecule has 0 spiro atoms. The topological polar surface area (TPSA) is 69.6 Å². The van der Waals surface area contributed by atoms with Gasteiger partial charge in [-0.1, -0.05) is 30.3 Å². The summed E-state index contributed by atoms with van der Waals surface area (Å²) >= 11 is 0. The minimum atomic E-state index is -0.895. The summed E-state index contributed by atoms with van der Waals surface area (Å²) in [7, 11) is 1.61. The molecular formula is C14H18N2O3. The summed E-state index contributed by atoms with van der Waals surface area (Å²) in [5.74, 6) is -0.508. The Hall–Kier alpha value is -2.04. The Morgan fingerprint density at radius 3 is 2.68 bits per heavy atom. The van der Waals surface area contributed by atoms with E-state index in [9.17, 15) is 9.59 Å². The normalized spacial score (nSPS) is 20.7. The molecule has 19 heavy (non-hydrogen) atoms. The molecule has 0 heterocycles. The number of carboxylic acids is 1. The van der Waals surface area contributed by atoms with Gasteiger partial charge in [-0.3, -0.25) is 4.79 Å². The number of nitrogens with zero attached hydrogens (tertiary/aromatic N) is 1. The van der Waals surface area contributed by atoms with Crippen molar-refractivity contribution >= 4 is 12.0 Å². The fraction of sp³-hybridized carbons (Fsp3) is 0.429. The van der Waals surface area contributed by atoms with Crippen LogP contribution in [0.5, 0.6) is 0 Å². The summed E-state index contributed by atoms with van der Waals surface area (Å²) in [5.41, 5.74) is 1.24. The maximum atomic E-state index is 11.8. The van der Waals surface area contributed by atoms with Crippen molar-refractivity contribution in [2.75, 3.05) is 13.6 Å². The second-order valence-corrected chi connectivity index (χ2v) is 4.87. The van der Waals surface area contributed by atoms with E-state index in [1.165, 1.54) is 10.5 Å². The second kappa shape index (κ2) is 5.73. The van der Waals surface area contributed by atoms with Crippen LogP contribution in [0.1, 0.15) is 24.3 Å². The highest BCUT2D eigenvalue weighted by Crippen LogP contribution is 2.40. The van der Waals surface area contributed by atoms with Gasteiger partial charge in [0.2, 0.25) is 0 Å². The fourth-order valence-electron chi connectivity index (χ4n) is 2.06. The maximum absolute atomic E-state index is 11.8. The first-order valence-electron chi connectivity index (χ1n) is 6.36. The zero-order valence-corrected chi connectivity index (χ0v) is 10.9. The predicted octanol–water partition coefficient (Wildman–Crippen LogP) is 1.66. The summed E-state index contributed by atoms with van der Waals surface area (Å²) < 4.78 is 0. The van der Waals surface area contributed by atoms with Crippen LogP contribution in [-0.4, -0.2) is 41.6 Å². The lowest BCUT2D eigenvalue weighted by atomic mass is 10.1. The zero-order valence-electron chi connectivity index (χ0n) is 10.9. The fourth-order valence-corrected chi connectivity index (χ4v) is 2.06. The smallest absolute Gasteiger partial charge is 0.317 e. The summed E-state index contributed by atoms with van der Waals surface area (Å²) in [5, 5.41) is 11.5. The highest BCUT2D eigenvalue weighted by molar-refractivity contribution is 5.75. The molecular weight excluding hydrogens is 244 g/mol. The highest BCUT2D eigenvalue weighted by Gasteiger charge is 2.39. The summed E-state index contributed by atoms with van der Waals surface area (Å²) in [6, 6.07) is 10.0. The number of benzene rings is 1. The summed E-state index contributed by atoms with van der Waals surface area (Å²) in [4.78, 5) is 23.7. The number of aliphatic carboxylic acids is 1. The molecule has 0 saturated heterocycles. The standard InChI is InChI=1S/C14H18N2O3/c1-16(8-7-13(17)18)14(19)15-12-9-11(12)10-5-3-2-4-6-10/h2-6,11-12H,7-9H2,1H3,(H,15,19)(H,17,18)/t11-,12+/m0/s1. The van der Waals surface area contributed by atoms with Gasteiger partial charge in [0.1, 0.15) is 0 Å². The average Bonchev–Trinajstić information content (AvgIpc) is 3.16. The molecule has 2 atom stereocenters. The van der Waals surface area contributed by atoms with Gasteiger partial charge in [-0.2, -0.15) is 0 Å². The van der Waals surface area contributed by atoms with Crippen molar-refractivity contribution in [2.24, 2.45) is 0 Å². The first-order chi connectivity index (χ1) is 9.08. The molecule has 1 fully saturated rings. The van der Waals surface area contributed by atoms with E-state index in [0.717, 1.165) is 6.42 Å². The Balaban J connectivity index is 1.77. The molecule has 2 rings (SSSR count). The molecule has 102 valence electrons. The molecule has 5 nitrogen and oxygen atoms in total. The van der Waals surface area contributed by atoms with Crippen LogP contribution in [0.2, 0.25) is 0 Å². The molecule has 1 aliphatic rings. The number of carbonyl (C=O) groups excluding carboxylic acids is 1. The van der Waals surface area contributed by atoms with Crippen molar-refractivity contribution in [3.8, 4) is 0 Å². The lowest BCUT2D eigenvalue weighted by Gasteiger charge is -2.16. The minimum Gasteiger partial charge on any atom is -0.481 e. The van der Waals surface area contributed by atoms with Gasteiger partial charge in [-0.15, -0.1) is 0 Å². The van der Waals surface area contributed by atoms with E-state index in [4.69, 9.17) is 5.11 Å². The molecule has 0 radical (unpaired) electrons. The number of hydrogen-bond acceptors (Lipinski definition) is 2. The van der Waals surface area contributed by atoms with Crippen LogP contribution in [0.15, 0.2) is 30.3 Å². The molecule has 0 aliphatic heterocycles. The largest absolute Gasteiger partial charge is 0.481 e. The van der Waals surface area contributed by atoms with E-state index in [-0.39, 0.29) is 25.0 Å². The van der Waals surface area contributed by atoms with Crippen LogP contribution in [0, 0.1) is 0 Å².